The Hall–Kier alpha value is -2.02. The lowest BCUT2D eigenvalue weighted by molar-refractivity contribution is 0.562. The van der Waals surface area contributed by atoms with E-state index >= 15 is 0 Å². The third kappa shape index (κ3) is 8.94. The Morgan fingerprint density at radius 3 is 1.18 bits per heavy atom. The van der Waals surface area contributed by atoms with Crippen LogP contribution in [0, 0.1) is 38.5 Å². The van der Waals surface area contributed by atoms with Crippen molar-refractivity contribution < 1.29 is 9.59 Å². The highest BCUT2D eigenvalue weighted by molar-refractivity contribution is 5.37. The zero-order chi connectivity index (χ0) is 13.1. The summed E-state index contributed by atoms with van der Waals surface area (Å²) < 4.78 is 0. The van der Waals surface area contributed by atoms with Crippen molar-refractivity contribution in [3.8, 4) is 0 Å². The molecule has 0 saturated carbocycles. The summed E-state index contributed by atoms with van der Waals surface area (Å²) in [6.07, 6.45) is 1.50. The molecule has 0 aliphatic rings. The number of hydrogen-bond acceptors (Lipinski definition) is 4. The van der Waals surface area contributed by atoms with Gasteiger partial charge in [0.25, 0.3) is 0 Å². The number of nitrogens with one attached hydrogen (secondary N) is 2. The fourth-order valence-corrected chi connectivity index (χ4v) is 1.09. The highest BCUT2D eigenvalue weighted by Crippen LogP contribution is 2.15. The largest absolute Gasteiger partial charge is 0.231 e. The van der Waals surface area contributed by atoms with Gasteiger partial charge in [-0.1, -0.05) is 19.6 Å². The lowest BCUT2D eigenvalue weighted by Gasteiger charge is -2.06. The van der Waals surface area contributed by atoms with Gasteiger partial charge < -0.3 is 0 Å². The van der Waals surface area contributed by atoms with Crippen LogP contribution >= 0.6 is 0 Å². The number of benzene rings is 1. The average molecular weight is 236 g/mol. The van der Waals surface area contributed by atoms with Gasteiger partial charge in [-0.15, -0.1) is 0 Å². The molecule has 1 aromatic carbocycles. The van der Waals surface area contributed by atoms with Gasteiger partial charge in [0.2, 0.25) is 12.2 Å². The Morgan fingerprint density at radius 1 is 0.824 bits per heavy atom. The van der Waals surface area contributed by atoms with E-state index in [1.165, 1.54) is 22.3 Å². The first-order valence-electron chi connectivity index (χ1n) is 4.57. The van der Waals surface area contributed by atoms with Crippen LogP contribution < -0.4 is 0 Å². The van der Waals surface area contributed by atoms with Crippen molar-refractivity contribution in [1.29, 1.82) is 10.8 Å². The van der Waals surface area contributed by atoms with E-state index in [1.807, 2.05) is 0 Å². The van der Waals surface area contributed by atoms with Crippen LogP contribution in [0.3, 0.4) is 0 Å². The highest BCUT2D eigenvalue weighted by atomic mass is 16.1. The minimum absolute atomic E-state index is 0. The zero-order valence-corrected chi connectivity index (χ0v) is 9.97. The molecule has 1 rings (SSSR count). The first kappa shape index (κ1) is 20.4. The van der Waals surface area contributed by atoms with E-state index in [9.17, 15) is 0 Å². The molecule has 0 fully saturated rings. The van der Waals surface area contributed by atoms with Gasteiger partial charge in [-0.05, 0) is 49.9 Å². The van der Waals surface area contributed by atoms with Gasteiger partial charge >= 0.3 is 0 Å². The van der Waals surface area contributed by atoms with Gasteiger partial charge in [-0.25, -0.2) is 20.4 Å². The van der Waals surface area contributed by atoms with Crippen LogP contribution in [0.4, 0.5) is 0 Å². The number of carbonyl (C=O) groups excluding carboxylic acids is 2. The second-order valence-corrected chi connectivity index (χ2v) is 3.15. The van der Waals surface area contributed by atoms with E-state index < -0.39 is 0 Å². The van der Waals surface area contributed by atoms with Crippen LogP contribution in [0.25, 0.3) is 0 Å². The monoisotopic (exact) mass is 236 g/mol. The molecule has 0 spiro atoms. The number of isocyanates is 2. The van der Waals surface area contributed by atoms with Crippen LogP contribution in [0.2, 0.25) is 0 Å². The van der Waals surface area contributed by atoms with E-state index in [0.717, 1.165) is 12.2 Å². The van der Waals surface area contributed by atoms with Crippen molar-refractivity contribution in [1.82, 2.24) is 0 Å². The predicted octanol–water partition coefficient (Wildman–Crippen LogP) is 3.36. The first-order valence-corrected chi connectivity index (χ1v) is 4.57. The lowest BCUT2D eigenvalue weighted by Crippen LogP contribution is -1.88. The molecular weight excluding hydrogens is 216 g/mol. The summed E-state index contributed by atoms with van der Waals surface area (Å²) in [7, 11) is 0. The van der Waals surface area contributed by atoms with Crippen LogP contribution in [0.15, 0.2) is 12.1 Å². The van der Waals surface area contributed by atoms with Crippen LogP contribution in [-0.2, 0) is 9.59 Å². The fourth-order valence-electron chi connectivity index (χ4n) is 1.09. The summed E-state index contributed by atoms with van der Waals surface area (Å²) in [5, 5.41) is 10.8. The predicted molar refractivity (Wildman–Crippen MR) is 68.9 cm³/mol. The highest BCUT2D eigenvalue weighted by Gasteiger charge is 1.97. The van der Waals surface area contributed by atoms with Crippen LogP contribution in [0.1, 0.15) is 29.7 Å². The second-order valence-electron chi connectivity index (χ2n) is 3.15. The molecule has 0 radical (unpaired) electrons. The van der Waals surface area contributed by atoms with E-state index in [2.05, 4.69) is 39.8 Å². The Labute approximate surface area is 103 Å². The van der Waals surface area contributed by atoms with Gasteiger partial charge in [-0.2, -0.15) is 0 Å². The summed E-state index contributed by atoms with van der Waals surface area (Å²) >= 11 is 0. The number of rotatable bonds is 0. The van der Waals surface area contributed by atoms with Gasteiger partial charge in [0, 0.05) is 0 Å². The van der Waals surface area contributed by atoms with Gasteiger partial charge in [0.15, 0.2) is 0 Å². The maximum atomic E-state index is 8.35. The third-order valence-electron chi connectivity index (χ3n) is 2.33. The molecule has 0 amide bonds. The van der Waals surface area contributed by atoms with Crippen molar-refractivity contribution in [3.05, 3.63) is 34.4 Å². The summed E-state index contributed by atoms with van der Waals surface area (Å²) in [6, 6.07) is 4.36. The van der Waals surface area contributed by atoms with Crippen LogP contribution in [0.5, 0.6) is 0 Å². The molecule has 0 bridgehead atoms. The average Bonchev–Trinajstić information content (AvgIpc) is 2.23. The normalized spacial score (nSPS) is 6.82. The van der Waals surface area contributed by atoms with Crippen molar-refractivity contribution in [2.24, 2.45) is 0 Å². The molecular formula is C13H20N2O2. The maximum absolute atomic E-state index is 8.35. The molecule has 4 nitrogen and oxygen atoms in total. The SMILES string of the molecule is C.Cc1ccc(C)c(C)c1C.N=C=O.N=C=O. The van der Waals surface area contributed by atoms with Crippen molar-refractivity contribution in [2.75, 3.05) is 0 Å². The summed E-state index contributed by atoms with van der Waals surface area (Å²) in [6.45, 7) is 8.67. The minimum Gasteiger partial charge on any atom is -0.222 e. The minimum atomic E-state index is 0. The zero-order valence-electron chi connectivity index (χ0n) is 9.97. The van der Waals surface area contributed by atoms with E-state index in [1.54, 1.807) is 0 Å². The molecule has 4 heteroatoms. The molecule has 0 unspecified atom stereocenters. The Balaban J connectivity index is -0.000000240. The van der Waals surface area contributed by atoms with E-state index in [4.69, 9.17) is 20.4 Å². The summed E-state index contributed by atoms with van der Waals surface area (Å²) in [5.41, 5.74) is 5.64. The van der Waals surface area contributed by atoms with E-state index in [-0.39, 0.29) is 7.43 Å². The van der Waals surface area contributed by atoms with Gasteiger partial charge in [0.1, 0.15) is 0 Å². The Kier molecular flexibility index (Phi) is 14.5. The second kappa shape index (κ2) is 12.1. The third-order valence-corrected chi connectivity index (χ3v) is 2.33. The maximum Gasteiger partial charge on any atom is 0.231 e. The molecule has 0 aliphatic heterocycles. The molecule has 94 valence electrons. The van der Waals surface area contributed by atoms with Gasteiger partial charge in [0.05, 0.1) is 0 Å². The number of aryl methyl sites for hydroxylation is 2. The summed E-state index contributed by atoms with van der Waals surface area (Å²) in [5.74, 6) is 0. The molecule has 17 heavy (non-hydrogen) atoms. The summed E-state index contributed by atoms with van der Waals surface area (Å²) in [4.78, 5) is 16.7. The first-order chi connectivity index (χ1) is 7.45. The van der Waals surface area contributed by atoms with Crippen molar-refractivity contribution >= 4 is 12.2 Å². The molecule has 0 heterocycles. The Morgan fingerprint density at radius 2 is 1.00 bits per heavy atom. The van der Waals surface area contributed by atoms with Crippen molar-refractivity contribution in [2.45, 2.75) is 35.1 Å². The number of hydrogen-bond donors (Lipinski definition) is 2. The molecule has 0 aromatic heterocycles. The van der Waals surface area contributed by atoms with Crippen LogP contribution in [-0.4, -0.2) is 12.2 Å². The molecule has 0 atom stereocenters. The standard InChI is InChI=1S/C10H14.2CHNO.CH4/c1-7-5-6-8(2)10(4)9(7)3;2*2-1-3;/h5-6H,1-4H3;2*2H;1H4. The quantitative estimate of drug-likeness (QED) is 0.535. The molecule has 0 aliphatic carbocycles. The van der Waals surface area contributed by atoms with Gasteiger partial charge in [-0.3, -0.25) is 0 Å². The lowest BCUT2D eigenvalue weighted by atomic mass is 10.0. The smallest absolute Gasteiger partial charge is 0.222 e. The van der Waals surface area contributed by atoms with E-state index in [0.29, 0.717) is 0 Å². The molecule has 0 saturated heterocycles. The van der Waals surface area contributed by atoms with Crippen molar-refractivity contribution in [3.63, 3.8) is 0 Å². The fraction of sp³-hybridized carbons (Fsp3) is 0.385. The molecule has 1 aromatic rings. The topological polar surface area (TPSA) is 81.8 Å². The molecule has 2 N–H and O–H groups in total. The Bertz CT molecular complexity index is 361.